The first kappa shape index (κ1) is 15.6. The molecule has 2 heterocycles. The van der Waals surface area contributed by atoms with Crippen LogP contribution < -0.4 is 0 Å². The zero-order chi connectivity index (χ0) is 17.1. The van der Waals surface area contributed by atoms with E-state index in [4.69, 9.17) is 4.42 Å². The third-order valence-corrected chi connectivity index (χ3v) is 4.60. The molecule has 0 saturated carbocycles. The minimum Gasteiger partial charge on any atom is -0.441 e. The van der Waals surface area contributed by atoms with Crippen molar-refractivity contribution in [3.8, 4) is 0 Å². The Bertz CT molecular complexity index is 879. The lowest BCUT2D eigenvalue weighted by Crippen LogP contribution is -2.34. The van der Waals surface area contributed by atoms with Gasteiger partial charge >= 0.3 is 0 Å². The van der Waals surface area contributed by atoms with Crippen molar-refractivity contribution in [3.63, 3.8) is 0 Å². The second kappa shape index (κ2) is 6.93. The number of hydrogen-bond acceptors (Lipinski definition) is 3. The fraction of sp³-hybridized carbons (Fsp3) is 0.238. The number of aromatic nitrogens is 1. The van der Waals surface area contributed by atoms with Gasteiger partial charge in [-0.15, -0.1) is 0 Å². The quantitative estimate of drug-likeness (QED) is 0.723. The number of fused-ring (bicyclic) bond motifs is 1. The highest BCUT2D eigenvalue weighted by atomic mass is 16.3. The van der Waals surface area contributed by atoms with Crippen LogP contribution in [0.25, 0.3) is 16.7 Å². The van der Waals surface area contributed by atoms with E-state index >= 15 is 0 Å². The summed E-state index contributed by atoms with van der Waals surface area (Å²) < 4.78 is 5.69. The monoisotopic (exact) mass is 332 g/mol. The third kappa shape index (κ3) is 3.48. The maximum atomic E-state index is 12.5. The maximum Gasteiger partial charge on any atom is 0.223 e. The van der Waals surface area contributed by atoms with E-state index < -0.39 is 0 Å². The molecule has 0 bridgehead atoms. The van der Waals surface area contributed by atoms with Gasteiger partial charge in [-0.05, 0) is 29.7 Å². The van der Waals surface area contributed by atoms with Gasteiger partial charge in [0.05, 0.1) is 0 Å². The lowest BCUT2D eigenvalue weighted by molar-refractivity contribution is -0.130. The normalized spacial score (nSPS) is 14.6. The molecule has 1 aliphatic heterocycles. The van der Waals surface area contributed by atoms with Crippen molar-refractivity contribution in [3.05, 3.63) is 72.1 Å². The smallest absolute Gasteiger partial charge is 0.223 e. The predicted molar refractivity (Wildman–Crippen MR) is 97.9 cm³/mol. The summed E-state index contributed by atoms with van der Waals surface area (Å²) >= 11 is 0. The number of rotatable bonds is 4. The molecule has 0 atom stereocenters. The van der Waals surface area contributed by atoms with Crippen molar-refractivity contribution in [1.29, 1.82) is 0 Å². The standard InChI is InChI=1S/C21H20N2O2/c24-21(11-10-20-22-18-8-4-5-9-19(18)25-20)23-14-12-17(13-15-23)16-6-2-1-3-7-16/h1-9,12H,10-11,13-15H2. The van der Waals surface area contributed by atoms with Crippen LogP contribution >= 0.6 is 0 Å². The molecule has 1 amide bonds. The average Bonchev–Trinajstić information content (AvgIpc) is 3.10. The number of aryl methyl sites for hydroxylation is 1. The van der Waals surface area contributed by atoms with E-state index in [1.807, 2.05) is 47.4 Å². The highest BCUT2D eigenvalue weighted by Crippen LogP contribution is 2.22. The molecule has 4 rings (SSSR count). The lowest BCUT2D eigenvalue weighted by Gasteiger charge is -2.26. The largest absolute Gasteiger partial charge is 0.441 e. The Morgan fingerprint density at radius 2 is 1.88 bits per heavy atom. The highest BCUT2D eigenvalue weighted by Gasteiger charge is 2.18. The van der Waals surface area contributed by atoms with Gasteiger partial charge in [-0.25, -0.2) is 4.98 Å². The molecule has 3 aromatic rings. The number of hydrogen-bond donors (Lipinski definition) is 0. The lowest BCUT2D eigenvalue weighted by atomic mass is 9.99. The van der Waals surface area contributed by atoms with Crippen molar-refractivity contribution in [2.24, 2.45) is 0 Å². The number of amides is 1. The third-order valence-electron chi connectivity index (χ3n) is 4.60. The first-order valence-electron chi connectivity index (χ1n) is 8.66. The summed E-state index contributed by atoms with van der Waals surface area (Å²) in [4.78, 5) is 18.8. The van der Waals surface area contributed by atoms with Gasteiger partial charge in [0.25, 0.3) is 0 Å². The molecule has 0 unspecified atom stereocenters. The second-order valence-electron chi connectivity index (χ2n) is 6.26. The molecule has 0 aliphatic carbocycles. The van der Waals surface area contributed by atoms with Crippen LogP contribution in [0.15, 0.2) is 65.1 Å². The summed E-state index contributed by atoms with van der Waals surface area (Å²) in [5, 5.41) is 0. The number of carbonyl (C=O) groups is 1. The van der Waals surface area contributed by atoms with Crippen LogP contribution in [-0.2, 0) is 11.2 Å². The van der Waals surface area contributed by atoms with E-state index in [1.165, 1.54) is 11.1 Å². The number of oxazole rings is 1. The van der Waals surface area contributed by atoms with E-state index in [0.29, 0.717) is 25.3 Å². The first-order chi connectivity index (χ1) is 12.3. The summed E-state index contributed by atoms with van der Waals surface area (Å²) in [5.41, 5.74) is 4.20. The van der Waals surface area contributed by atoms with Crippen LogP contribution in [-0.4, -0.2) is 28.9 Å². The number of para-hydroxylation sites is 2. The van der Waals surface area contributed by atoms with E-state index in [9.17, 15) is 4.79 Å². The molecule has 4 nitrogen and oxygen atoms in total. The molecule has 2 aromatic carbocycles. The van der Waals surface area contributed by atoms with Gasteiger partial charge in [0.2, 0.25) is 5.91 Å². The molecule has 0 radical (unpaired) electrons. The van der Waals surface area contributed by atoms with Gasteiger partial charge < -0.3 is 9.32 Å². The number of nitrogens with zero attached hydrogens (tertiary/aromatic N) is 2. The second-order valence-corrected chi connectivity index (χ2v) is 6.26. The van der Waals surface area contributed by atoms with Crippen molar-refractivity contribution in [1.82, 2.24) is 9.88 Å². The Morgan fingerprint density at radius 3 is 2.64 bits per heavy atom. The maximum absolute atomic E-state index is 12.5. The van der Waals surface area contributed by atoms with Gasteiger partial charge in [0, 0.05) is 25.9 Å². The fourth-order valence-electron chi connectivity index (χ4n) is 3.21. The Kier molecular flexibility index (Phi) is 4.34. The van der Waals surface area contributed by atoms with E-state index in [2.05, 4.69) is 23.2 Å². The molecule has 0 saturated heterocycles. The molecule has 0 N–H and O–H groups in total. The number of carbonyl (C=O) groups excluding carboxylic acids is 1. The Morgan fingerprint density at radius 1 is 1.08 bits per heavy atom. The molecule has 0 fully saturated rings. The topological polar surface area (TPSA) is 46.3 Å². The minimum atomic E-state index is 0.158. The average molecular weight is 332 g/mol. The first-order valence-corrected chi connectivity index (χ1v) is 8.66. The molecule has 1 aromatic heterocycles. The molecule has 4 heteroatoms. The zero-order valence-corrected chi connectivity index (χ0v) is 14.0. The van der Waals surface area contributed by atoms with Gasteiger partial charge in [-0.1, -0.05) is 48.5 Å². The Hall–Kier alpha value is -2.88. The zero-order valence-electron chi connectivity index (χ0n) is 14.0. The van der Waals surface area contributed by atoms with Crippen LogP contribution in [0, 0.1) is 0 Å². The number of benzene rings is 2. The summed E-state index contributed by atoms with van der Waals surface area (Å²) in [5.74, 6) is 0.790. The molecule has 0 spiro atoms. The van der Waals surface area contributed by atoms with Crippen LogP contribution in [0.3, 0.4) is 0 Å². The van der Waals surface area contributed by atoms with Crippen molar-refractivity contribution < 1.29 is 9.21 Å². The van der Waals surface area contributed by atoms with Crippen molar-refractivity contribution in [2.75, 3.05) is 13.1 Å². The van der Waals surface area contributed by atoms with Gasteiger partial charge in [-0.2, -0.15) is 0 Å². The van der Waals surface area contributed by atoms with Crippen LogP contribution in [0.5, 0.6) is 0 Å². The summed E-state index contributed by atoms with van der Waals surface area (Å²) in [6, 6.07) is 18.0. The summed E-state index contributed by atoms with van der Waals surface area (Å²) in [6.45, 7) is 1.45. The van der Waals surface area contributed by atoms with Gasteiger partial charge in [-0.3, -0.25) is 4.79 Å². The fourth-order valence-corrected chi connectivity index (χ4v) is 3.21. The summed E-state index contributed by atoms with van der Waals surface area (Å²) in [7, 11) is 0. The Balaban J connectivity index is 1.35. The van der Waals surface area contributed by atoms with Gasteiger partial charge in [0.1, 0.15) is 5.52 Å². The molecule has 1 aliphatic rings. The van der Waals surface area contributed by atoms with E-state index in [1.54, 1.807) is 0 Å². The highest BCUT2D eigenvalue weighted by molar-refractivity contribution is 5.78. The van der Waals surface area contributed by atoms with E-state index in [0.717, 1.165) is 24.1 Å². The van der Waals surface area contributed by atoms with Crippen molar-refractivity contribution in [2.45, 2.75) is 19.3 Å². The molecular formula is C21H20N2O2. The van der Waals surface area contributed by atoms with E-state index in [-0.39, 0.29) is 5.91 Å². The molecule has 25 heavy (non-hydrogen) atoms. The summed E-state index contributed by atoms with van der Waals surface area (Å²) in [6.07, 6.45) is 4.04. The van der Waals surface area contributed by atoms with Gasteiger partial charge in [0.15, 0.2) is 11.5 Å². The van der Waals surface area contributed by atoms with Crippen molar-refractivity contribution >= 4 is 22.6 Å². The molecule has 126 valence electrons. The molecular weight excluding hydrogens is 312 g/mol. The minimum absolute atomic E-state index is 0.158. The SMILES string of the molecule is O=C(CCc1nc2ccccc2o1)N1CC=C(c2ccccc2)CC1. The van der Waals surface area contributed by atoms with Crippen LogP contribution in [0.4, 0.5) is 0 Å². The van der Waals surface area contributed by atoms with Crippen LogP contribution in [0.2, 0.25) is 0 Å². The Labute approximate surface area is 146 Å². The predicted octanol–water partition coefficient (Wildman–Crippen LogP) is 4.08. The van der Waals surface area contributed by atoms with Crippen LogP contribution in [0.1, 0.15) is 24.3 Å².